The van der Waals surface area contributed by atoms with Crippen molar-refractivity contribution in [2.45, 2.75) is 32.8 Å². The van der Waals surface area contributed by atoms with Crippen molar-refractivity contribution in [3.63, 3.8) is 0 Å². The van der Waals surface area contributed by atoms with Crippen LogP contribution in [0.5, 0.6) is 11.5 Å². The lowest BCUT2D eigenvalue weighted by molar-refractivity contribution is 0.140. The van der Waals surface area contributed by atoms with Crippen LogP contribution < -0.4 is 15.2 Å². The molecule has 2 heterocycles. The molecule has 2 N–H and O–H groups in total. The molecule has 0 unspecified atom stereocenters. The maximum absolute atomic E-state index is 14.6. The number of nitrogen functional groups attached to an aromatic ring is 1. The molecule has 0 spiro atoms. The molecular formula is C23H20ClF3N4O2. The van der Waals surface area contributed by atoms with Crippen LogP contribution in [0.25, 0.3) is 11.3 Å². The zero-order chi connectivity index (χ0) is 24.3. The molecule has 1 atom stereocenters. The summed E-state index contributed by atoms with van der Waals surface area (Å²) in [4.78, 5) is 7.97. The number of aromatic nitrogens is 2. The molecule has 3 aromatic rings. The Kier molecular flexibility index (Phi) is 7.29. The fraction of sp³-hybridized carbons (Fsp3) is 0.261. The molecule has 1 aromatic carbocycles. The first-order valence-corrected chi connectivity index (χ1v) is 10.3. The largest absolute Gasteiger partial charge is 0.486 e. The summed E-state index contributed by atoms with van der Waals surface area (Å²) in [6.45, 7) is 5.29. The highest BCUT2D eigenvalue weighted by atomic mass is 35.5. The molecule has 2 aromatic heterocycles. The van der Waals surface area contributed by atoms with Gasteiger partial charge in [0, 0.05) is 12.3 Å². The van der Waals surface area contributed by atoms with Crippen LogP contribution in [-0.4, -0.2) is 22.7 Å². The highest BCUT2D eigenvalue weighted by molar-refractivity contribution is 6.30. The zero-order valence-electron chi connectivity index (χ0n) is 18.0. The number of hydrogen-bond acceptors (Lipinski definition) is 6. The molecule has 33 heavy (non-hydrogen) atoms. The molecule has 0 bridgehead atoms. The molecule has 0 aliphatic rings. The lowest BCUT2D eigenvalue weighted by Crippen LogP contribution is -2.22. The second-order valence-corrected chi connectivity index (χ2v) is 7.86. The first-order valence-electron chi connectivity index (χ1n) is 9.92. The van der Waals surface area contributed by atoms with Crippen LogP contribution >= 0.6 is 11.6 Å². The van der Waals surface area contributed by atoms with Crippen LogP contribution in [-0.2, 0) is 0 Å². The van der Waals surface area contributed by atoms with Gasteiger partial charge in [-0.2, -0.15) is 5.26 Å². The Bertz CT molecular complexity index is 1230. The molecule has 0 aliphatic carbocycles. The quantitative estimate of drug-likeness (QED) is 0.443. The van der Waals surface area contributed by atoms with Crippen molar-refractivity contribution in [2.75, 3.05) is 12.3 Å². The van der Waals surface area contributed by atoms with Gasteiger partial charge in [-0.25, -0.2) is 18.2 Å². The summed E-state index contributed by atoms with van der Waals surface area (Å²) in [7, 11) is 0. The molecule has 0 saturated carbocycles. The summed E-state index contributed by atoms with van der Waals surface area (Å²) in [5, 5.41) is 8.61. The number of nitrogens with two attached hydrogens (primary N) is 1. The van der Waals surface area contributed by atoms with Crippen molar-refractivity contribution in [3.05, 3.63) is 64.3 Å². The lowest BCUT2D eigenvalue weighted by atomic mass is 10.1. The van der Waals surface area contributed by atoms with Crippen LogP contribution in [0.2, 0.25) is 5.15 Å². The van der Waals surface area contributed by atoms with E-state index >= 15 is 0 Å². The Balaban J connectivity index is 1.89. The van der Waals surface area contributed by atoms with Gasteiger partial charge >= 0.3 is 0 Å². The summed E-state index contributed by atoms with van der Waals surface area (Å²) < 4.78 is 55.1. The molecule has 3 rings (SSSR count). The third-order valence-electron chi connectivity index (χ3n) is 4.66. The van der Waals surface area contributed by atoms with Crippen molar-refractivity contribution < 1.29 is 22.6 Å². The van der Waals surface area contributed by atoms with Gasteiger partial charge in [-0.1, -0.05) is 25.4 Å². The van der Waals surface area contributed by atoms with Crippen LogP contribution in [0.4, 0.5) is 18.9 Å². The highest BCUT2D eigenvalue weighted by Gasteiger charge is 2.24. The zero-order valence-corrected chi connectivity index (χ0v) is 18.8. The normalized spacial score (nSPS) is 11.8. The van der Waals surface area contributed by atoms with Gasteiger partial charge in [0.25, 0.3) is 0 Å². The van der Waals surface area contributed by atoms with E-state index in [4.69, 9.17) is 32.1 Å². The Morgan fingerprint density at radius 1 is 1.12 bits per heavy atom. The van der Waals surface area contributed by atoms with Gasteiger partial charge in [0.1, 0.15) is 41.2 Å². The molecule has 10 heteroatoms. The van der Waals surface area contributed by atoms with E-state index in [9.17, 15) is 13.2 Å². The molecule has 0 aliphatic heterocycles. The number of halogens is 4. The van der Waals surface area contributed by atoms with Crippen LogP contribution in [0.3, 0.4) is 0 Å². The fourth-order valence-corrected chi connectivity index (χ4v) is 3.28. The lowest BCUT2D eigenvalue weighted by Gasteiger charge is -2.20. The second-order valence-electron chi connectivity index (χ2n) is 7.50. The number of benzene rings is 1. The van der Waals surface area contributed by atoms with Gasteiger partial charge in [0.05, 0.1) is 22.5 Å². The van der Waals surface area contributed by atoms with Gasteiger partial charge in [-0.15, -0.1) is 0 Å². The summed E-state index contributed by atoms with van der Waals surface area (Å²) in [6.07, 6.45) is 0.912. The number of ether oxygens (including phenoxy) is 2. The van der Waals surface area contributed by atoms with Crippen LogP contribution in [0.1, 0.15) is 37.9 Å². The number of rotatable bonds is 7. The van der Waals surface area contributed by atoms with E-state index in [2.05, 4.69) is 9.97 Å². The molecule has 172 valence electrons. The third kappa shape index (κ3) is 5.12. The van der Waals surface area contributed by atoms with Crippen molar-refractivity contribution >= 4 is 17.3 Å². The maximum atomic E-state index is 14.6. The minimum absolute atomic E-state index is 0.0747. The predicted molar refractivity (Wildman–Crippen MR) is 118 cm³/mol. The number of anilines is 1. The van der Waals surface area contributed by atoms with Gasteiger partial charge < -0.3 is 15.2 Å². The first-order chi connectivity index (χ1) is 15.6. The summed E-state index contributed by atoms with van der Waals surface area (Å²) >= 11 is 5.87. The van der Waals surface area contributed by atoms with E-state index in [1.165, 1.54) is 0 Å². The van der Waals surface area contributed by atoms with Gasteiger partial charge in [0.2, 0.25) is 0 Å². The van der Waals surface area contributed by atoms with E-state index in [0.717, 1.165) is 18.2 Å². The number of pyridine rings is 2. The molecule has 0 amide bonds. The van der Waals surface area contributed by atoms with Crippen LogP contribution in [0.15, 0.2) is 30.5 Å². The summed E-state index contributed by atoms with van der Waals surface area (Å²) in [5.41, 5.74) is 5.77. The van der Waals surface area contributed by atoms with E-state index in [0.29, 0.717) is 17.1 Å². The second kappa shape index (κ2) is 9.96. The SMILES string of the molecule is CC(C)c1nccc(O[C@@H](C)COc2c(F)ccc(F)c2-c2nc(Cl)c(C#N)cc2F)c1N. The van der Waals surface area contributed by atoms with Crippen molar-refractivity contribution in [3.8, 4) is 28.8 Å². The van der Waals surface area contributed by atoms with Crippen molar-refractivity contribution in [1.29, 1.82) is 5.26 Å². The number of nitriles is 1. The van der Waals surface area contributed by atoms with Crippen molar-refractivity contribution in [2.24, 2.45) is 0 Å². The fourth-order valence-electron chi connectivity index (χ4n) is 3.10. The molecular weight excluding hydrogens is 457 g/mol. The maximum Gasteiger partial charge on any atom is 0.167 e. The average Bonchev–Trinajstić information content (AvgIpc) is 2.77. The van der Waals surface area contributed by atoms with E-state index in [-0.39, 0.29) is 23.2 Å². The van der Waals surface area contributed by atoms with Gasteiger partial charge in [-0.3, -0.25) is 4.98 Å². The predicted octanol–water partition coefficient (Wildman–Crippen LogP) is 5.64. The first kappa shape index (κ1) is 24.1. The minimum Gasteiger partial charge on any atom is -0.486 e. The summed E-state index contributed by atoms with van der Waals surface area (Å²) in [5.74, 6) is -3.09. The minimum atomic E-state index is -1.06. The number of hydrogen-bond donors (Lipinski definition) is 1. The van der Waals surface area contributed by atoms with Gasteiger partial charge in [-0.05, 0) is 31.0 Å². The monoisotopic (exact) mass is 476 g/mol. The smallest absolute Gasteiger partial charge is 0.167 e. The standard InChI is InChI=1S/C23H20ClF3N4O2/c1-11(2)20-19(29)17(6-7-30-20)33-12(3)10-32-22-15(26)5-4-14(25)18(22)21-16(27)8-13(9-28)23(24)31-21/h4-8,11-12H,10,29H2,1-3H3/t12-/m0/s1. The third-order valence-corrected chi connectivity index (χ3v) is 4.95. The topological polar surface area (TPSA) is 94.0 Å². The van der Waals surface area contributed by atoms with E-state index in [1.54, 1.807) is 25.3 Å². The van der Waals surface area contributed by atoms with Crippen LogP contribution in [0, 0.1) is 28.8 Å². The molecule has 0 saturated heterocycles. The number of nitrogens with zero attached hydrogens (tertiary/aromatic N) is 3. The molecule has 0 fully saturated rings. The Labute approximate surface area is 193 Å². The average molecular weight is 477 g/mol. The molecule has 0 radical (unpaired) electrons. The Hall–Kier alpha value is -3.51. The summed E-state index contributed by atoms with van der Waals surface area (Å²) in [6, 6.07) is 5.71. The van der Waals surface area contributed by atoms with Crippen molar-refractivity contribution in [1.82, 2.24) is 9.97 Å². The van der Waals surface area contributed by atoms with E-state index < -0.39 is 40.6 Å². The molecule has 6 nitrogen and oxygen atoms in total. The van der Waals surface area contributed by atoms with E-state index in [1.807, 2.05) is 13.8 Å². The van der Waals surface area contributed by atoms with Gasteiger partial charge in [0.15, 0.2) is 17.4 Å². The Morgan fingerprint density at radius 3 is 2.48 bits per heavy atom. The highest BCUT2D eigenvalue weighted by Crippen LogP contribution is 2.37. The Morgan fingerprint density at radius 2 is 1.82 bits per heavy atom.